The fraction of sp³-hybridized carbons (Fsp3) is 0.786. The van der Waals surface area contributed by atoms with Crippen molar-refractivity contribution in [2.45, 2.75) is 52.6 Å². The number of nitrogens with zero attached hydrogens (tertiary/aromatic N) is 4. The standard InChI is InChI=1S/C14H23ClN4O/c1-4-19(5-2)13-16-12(15)17-14(18-13)20-11-9-7-6-8-10(11)3/h10-11H,4-9H2,1-3H3. The second-order valence-electron chi connectivity index (χ2n) is 5.28. The van der Waals surface area contributed by atoms with Gasteiger partial charge in [0.25, 0.3) is 0 Å². The van der Waals surface area contributed by atoms with E-state index in [9.17, 15) is 0 Å². The Balaban J connectivity index is 2.14. The molecule has 0 aromatic carbocycles. The molecule has 5 nitrogen and oxygen atoms in total. The molecule has 2 atom stereocenters. The van der Waals surface area contributed by atoms with Gasteiger partial charge >= 0.3 is 6.01 Å². The first-order valence-electron chi connectivity index (χ1n) is 7.47. The molecular formula is C14H23ClN4O. The van der Waals surface area contributed by atoms with Crippen molar-refractivity contribution in [2.75, 3.05) is 18.0 Å². The first-order valence-corrected chi connectivity index (χ1v) is 7.85. The van der Waals surface area contributed by atoms with Crippen LogP contribution >= 0.6 is 11.6 Å². The molecule has 0 amide bonds. The van der Waals surface area contributed by atoms with Gasteiger partial charge in [-0.2, -0.15) is 15.0 Å². The van der Waals surface area contributed by atoms with Gasteiger partial charge in [0.15, 0.2) is 0 Å². The van der Waals surface area contributed by atoms with Gasteiger partial charge in [0.2, 0.25) is 11.2 Å². The van der Waals surface area contributed by atoms with E-state index in [1.165, 1.54) is 19.3 Å². The van der Waals surface area contributed by atoms with Crippen molar-refractivity contribution in [3.05, 3.63) is 5.28 Å². The quantitative estimate of drug-likeness (QED) is 0.834. The molecule has 0 spiro atoms. The van der Waals surface area contributed by atoms with Crippen molar-refractivity contribution in [2.24, 2.45) is 5.92 Å². The summed E-state index contributed by atoms with van der Waals surface area (Å²) in [5, 5.41) is 0.195. The van der Waals surface area contributed by atoms with E-state index >= 15 is 0 Å². The van der Waals surface area contributed by atoms with E-state index in [0.29, 0.717) is 17.9 Å². The number of halogens is 1. The summed E-state index contributed by atoms with van der Waals surface area (Å²) < 4.78 is 5.95. The van der Waals surface area contributed by atoms with Crippen LogP contribution in [-0.2, 0) is 0 Å². The highest BCUT2D eigenvalue weighted by atomic mass is 35.5. The molecule has 1 saturated carbocycles. The van der Waals surface area contributed by atoms with E-state index in [1.54, 1.807) is 0 Å². The molecule has 2 rings (SSSR count). The predicted octanol–water partition coefficient (Wildman–Crippen LogP) is 3.33. The molecule has 112 valence electrons. The number of hydrogen-bond donors (Lipinski definition) is 0. The first kappa shape index (κ1) is 15.3. The lowest BCUT2D eigenvalue weighted by Crippen LogP contribution is -2.30. The lowest BCUT2D eigenvalue weighted by Gasteiger charge is -2.28. The molecule has 1 aliphatic rings. The number of rotatable bonds is 5. The summed E-state index contributed by atoms with van der Waals surface area (Å²) in [4.78, 5) is 14.7. The molecule has 1 heterocycles. The van der Waals surface area contributed by atoms with Crippen molar-refractivity contribution in [1.29, 1.82) is 0 Å². The lowest BCUT2D eigenvalue weighted by molar-refractivity contribution is 0.0921. The molecule has 0 N–H and O–H groups in total. The molecule has 2 unspecified atom stereocenters. The Bertz CT molecular complexity index is 439. The molecule has 0 bridgehead atoms. The predicted molar refractivity (Wildman–Crippen MR) is 80.4 cm³/mol. The average molecular weight is 299 g/mol. The van der Waals surface area contributed by atoms with Crippen molar-refractivity contribution < 1.29 is 4.74 Å². The Hall–Kier alpha value is -1.10. The topological polar surface area (TPSA) is 51.1 Å². The fourth-order valence-corrected chi connectivity index (χ4v) is 2.76. The second-order valence-corrected chi connectivity index (χ2v) is 5.62. The van der Waals surface area contributed by atoms with Gasteiger partial charge in [-0.15, -0.1) is 0 Å². The van der Waals surface area contributed by atoms with Gasteiger partial charge in [-0.25, -0.2) is 0 Å². The Morgan fingerprint density at radius 2 is 1.85 bits per heavy atom. The molecule has 1 aromatic rings. The summed E-state index contributed by atoms with van der Waals surface area (Å²) >= 11 is 5.99. The normalized spacial score (nSPS) is 22.6. The maximum Gasteiger partial charge on any atom is 0.322 e. The van der Waals surface area contributed by atoms with Gasteiger partial charge in [-0.1, -0.05) is 13.3 Å². The monoisotopic (exact) mass is 298 g/mol. The van der Waals surface area contributed by atoms with E-state index in [4.69, 9.17) is 16.3 Å². The van der Waals surface area contributed by atoms with Crippen molar-refractivity contribution >= 4 is 17.5 Å². The highest BCUT2D eigenvalue weighted by molar-refractivity contribution is 6.28. The summed E-state index contributed by atoms with van der Waals surface area (Å²) in [5.74, 6) is 1.13. The van der Waals surface area contributed by atoms with Gasteiger partial charge in [0.1, 0.15) is 6.10 Å². The maximum absolute atomic E-state index is 5.99. The summed E-state index contributed by atoms with van der Waals surface area (Å²) in [6.45, 7) is 8.00. The minimum atomic E-state index is 0.187. The fourth-order valence-electron chi connectivity index (χ4n) is 2.62. The number of ether oxygens (including phenoxy) is 1. The van der Waals surface area contributed by atoms with Gasteiger partial charge < -0.3 is 9.64 Å². The third-order valence-electron chi connectivity index (χ3n) is 3.91. The Kier molecular flexibility index (Phi) is 5.40. The highest BCUT2D eigenvalue weighted by Gasteiger charge is 2.24. The van der Waals surface area contributed by atoms with Crippen LogP contribution in [0, 0.1) is 5.92 Å². The van der Waals surface area contributed by atoms with Gasteiger partial charge in [-0.05, 0) is 50.6 Å². The van der Waals surface area contributed by atoms with Crippen molar-refractivity contribution in [3.8, 4) is 6.01 Å². The van der Waals surface area contributed by atoms with Crippen molar-refractivity contribution in [1.82, 2.24) is 15.0 Å². The zero-order valence-electron chi connectivity index (χ0n) is 12.5. The van der Waals surface area contributed by atoms with E-state index in [-0.39, 0.29) is 11.4 Å². The minimum absolute atomic E-state index is 0.187. The Labute approximate surface area is 125 Å². The van der Waals surface area contributed by atoms with Crippen LogP contribution in [0.4, 0.5) is 5.95 Å². The zero-order chi connectivity index (χ0) is 14.5. The first-order chi connectivity index (χ1) is 9.63. The van der Waals surface area contributed by atoms with Gasteiger partial charge in [0, 0.05) is 13.1 Å². The largest absolute Gasteiger partial charge is 0.460 e. The summed E-state index contributed by atoms with van der Waals surface area (Å²) in [6, 6.07) is 0.352. The van der Waals surface area contributed by atoms with Crippen LogP contribution in [0.25, 0.3) is 0 Å². The third kappa shape index (κ3) is 3.72. The average Bonchev–Trinajstić information content (AvgIpc) is 2.42. The molecule has 1 fully saturated rings. The highest BCUT2D eigenvalue weighted by Crippen LogP contribution is 2.27. The molecule has 0 saturated heterocycles. The number of anilines is 1. The Morgan fingerprint density at radius 3 is 2.50 bits per heavy atom. The zero-order valence-corrected chi connectivity index (χ0v) is 13.2. The smallest absolute Gasteiger partial charge is 0.322 e. The van der Waals surface area contributed by atoms with Crippen LogP contribution in [0.15, 0.2) is 0 Å². The summed E-state index contributed by atoms with van der Waals surface area (Å²) in [5.41, 5.74) is 0. The van der Waals surface area contributed by atoms with Crippen LogP contribution in [0.5, 0.6) is 6.01 Å². The molecule has 0 radical (unpaired) electrons. The molecule has 20 heavy (non-hydrogen) atoms. The second kappa shape index (κ2) is 7.07. The van der Waals surface area contributed by atoms with E-state index in [0.717, 1.165) is 19.5 Å². The number of hydrogen-bond acceptors (Lipinski definition) is 5. The SMILES string of the molecule is CCN(CC)c1nc(Cl)nc(OC2CCCCC2C)n1. The van der Waals surface area contributed by atoms with Crippen molar-refractivity contribution in [3.63, 3.8) is 0 Å². The van der Waals surface area contributed by atoms with Crippen LogP contribution in [0.3, 0.4) is 0 Å². The van der Waals surface area contributed by atoms with Crippen LogP contribution in [0.1, 0.15) is 46.5 Å². The minimum Gasteiger partial charge on any atom is -0.460 e. The van der Waals surface area contributed by atoms with Gasteiger partial charge in [-0.3, -0.25) is 0 Å². The molecule has 6 heteroatoms. The molecule has 0 aliphatic heterocycles. The van der Waals surface area contributed by atoms with Crippen LogP contribution < -0.4 is 9.64 Å². The van der Waals surface area contributed by atoms with E-state index < -0.39 is 0 Å². The van der Waals surface area contributed by atoms with Crippen LogP contribution in [0.2, 0.25) is 5.28 Å². The number of aromatic nitrogens is 3. The molecular weight excluding hydrogens is 276 g/mol. The molecule has 1 aromatic heterocycles. The summed E-state index contributed by atoms with van der Waals surface area (Å²) in [6.07, 6.45) is 4.93. The van der Waals surface area contributed by atoms with Gasteiger partial charge in [0.05, 0.1) is 0 Å². The lowest BCUT2D eigenvalue weighted by atomic mass is 9.88. The maximum atomic E-state index is 5.99. The molecule has 1 aliphatic carbocycles. The summed E-state index contributed by atoms with van der Waals surface area (Å²) in [7, 11) is 0. The van der Waals surface area contributed by atoms with Crippen LogP contribution in [-0.4, -0.2) is 34.1 Å². The Morgan fingerprint density at radius 1 is 1.15 bits per heavy atom. The van der Waals surface area contributed by atoms with E-state index in [1.807, 2.05) is 4.90 Å². The third-order valence-corrected chi connectivity index (χ3v) is 4.08. The van der Waals surface area contributed by atoms with E-state index in [2.05, 4.69) is 35.7 Å².